The second-order valence-corrected chi connectivity index (χ2v) is 5.10. The molecule has 0 aliphatic heterocycles. The van der Waals surface area contributed by atoms with Crippen molar-refractivity contribution in [2.45, 2.75) is 44.8 Å². The number of thiazole rings is 1. The van der Waals surface area contributed by atoms with Crippen molar-refractivity contribution in [2.75, 3.05) is 0 Å². The molecule has 0 atom stereocenters. The van der Waals surface area contributed by atoms with Gasteiger partial charge in [0.25, 0.3) is 5.91 Å². The summed E-state index contributed by atoms with van der Waals surface area (Å²) in [6, 6.07) is 0.206. The van der Waals surface area contributed by atoms with Crippen molar-refractivity contribution in [3.8, 4) is 0 Å². The molecule has 16 heavy (non-hydrogen) atoms. The van der Waals surface area contributed by atoms with Gasteiger partial charge in [0, 0.05) is 6.04 Å². The lowest BCUT2D eigenvalue weighted by molar-refractivity contribution is 0.0870. The summed E-state index contributed by atoms with van der Waals surface area (Å²) in [7, 11) is 0. The summed E-state index contributed by atoms with van der Waals surface area (Å²) in [6.45, 7) is 1.84. The van der Waals surface area contributed by atoms with Gasteiger partial charge in [0.05, 0.1) is 17.3 Å². The molecule has 5 heteroatoms. The number of rotatable bonds is 2. The number of aliphatic hydroxyl groups excluding tert-OH is 1. The van der Waals surface area contributed by atoms with Crippen LogP contribution in [0.25, 0.3) is 0 Å². The average Bonchev–Trinajstić information content (AvgIpc) is 2.68. The lowest BCUT2D eigenvalue weighted by Crippen LogP contribution is -2.38. The number of aliphatic hydroxyl groups is 1. The molecule has 88 valence electrons. The van der Waals surface area contributed by atoms with Crippen LogP contribution in [0.3, 0.4) is 0 Å². The van der Waals surface area contributed by atoms with Gasteiger partial charge < -0.3 is 10.4 Å². The number of aryl methyl sites for hydroxylation is 1. The highest BCUT2D eigenvalue weighted by atomic mass is 32.1. The quantitative estimate of drug-likeness (QED) is 0.823. The Kier molecular flexibility index (Phi) is 3.56. The summed E-state index contributed by atoms with van der Waals surface area (Å²) in [5.41, 5.74) is 2.48. The maximum Gasteiger partial charge on any atom is 0.263 e. The molecule has 1 aliphatic carbocycles. The monoisotopic (exact) mass is 240 g/mol. The van der Waals surface area contributed by atoms with Crippen LogP contribution in [0.1, 0.15) is 41.0 Å². The first-order valence-corrected chi connectivity index (χ1v) is 6.44. The number of nitrogens with zero attached hydrogens (tertiary/aromatic N) is 1. The Balaban J connectivity index is 1.91. The Hall–Kier alpha value is -0.940. The van der Waals surface area contributed by atoms with Gasteiger partial charge in [-0.25, -0.2) is 4.98 Å². The van der Waals surface area contributed by atoms with Gasteiger partial charge in [0.2, 0.25) is 0 Å². The summed E-state index contributed by atoms with van der Waals surface area (Å²) in [5.74, 6) is -0.0265. The second kappa shape index (κ2) is 4.93. The van der Waals surface area contributed by atoms with Gasteiger partial charge in [0.1, 0.15) is 4.88 Å². The van der Waals surface area contributed by atoms with Crippen molar-refractivity contribution in [1.82, 2.24) is 10.3 Å². The fourth-order valence-corrected chi connectivity index (χ4v) is 2.70. The maximum absolute atomic E-state index is 11.9. The zero-order valence-corrected chi connectivity index (χ0v) is 10.1. The van der Waals surface area contributed by atoms with E-state index in [0.717, 1.165) is 31.4 Å². The highest BCUT2D eigenvalue weighted by molar-refractivity contribution is 7.11. The van der Waals surface area contributed by atoms with Crippen LogP contribution in [-0.4, -0.2) is 28.1 Å². The number of nitrogens with one attached hydrogen (secondary N) is 1. The van der Waals surface area contributed by atoms with Crippen LogP contribution >= 0.6 is 11.3 Å². The summed E-state index contributed by atoms with van der Waals surface area (Å²) in [4.78, 5) is 16.6. The molecule has 2 rings (SSSR count). The van der Waals surface area contributed by atoms with Crippen molar-refractivity contribution in [2.24, 2.45) is 0 Å². The lowest BCUT2D eigenvalue weighted by Gasteiger charge is -2.25. The molecule has 2 N–H and O–H groups in total. The van der Waals surface area contributed by atoms with Gasteiger partial charge in [-0.2, -0.15) is 0 Å². The van der Waals surface area contributed by atoms with Crippen molar-refractivity contribution >= 4 is 17.2 Å². The SMILES string of the molecule is Cc1ncsc1C(=O)NC1CCC(O)CC1. The highest BCUT2D eigenvalue weighted by Gasteiger charge is 2.22. The number of carbonyl (C=O) groups excluding carboxylic acids is 1. The molecule has 0 bridgehead atoms. The van der Waals surface area contributed by atoms with E-state index >= 15 is 0 Å². The second-order valence-electron chi connectivity index (χ2n) is 4.25. The number of amides is 1. The Bertz CT molecular complexity index is 370. The van der Waals surface area contributed by atoms with Gasteiger partial charge in [-0.15, -0.1) is 11.3 Å². The van der Waals surface area contributed by atoms with Crippen LogP contribution in [0, 0.1) is 6.92 Å². The summed E-state index contributed by atoms with van der Waals surface area (Å²) in [6.07, 6.45) is 3.12. The molecule has 1 aliphatic rings. The standard InChI is InChI=1S/C11H16N2O2S/c1-7-10(16-6-12-7)11(15)13-8-2-4-9(14)5-3-8/h6,8-9,14H,2-5H2,1H3,(H,13,15). The molecule has 0 unspecified atom stereocenters. The number of hydrogen-bond donors (Lipinski definition) is 2. The minimum absolute atomic E-state index is 0.0265. The molecule has 1 saturated carbocycles. The van der Waals surface area contributed by atoms with E-state index in [0.29, 0.717) is 4.88 Å². The van der Waals surface area contributed by atoms with Crippen molar-refractivity contribution in [1.29, 1.82) is 0 Å². The van der Waals surface area contributed by atoms with Crippen LogP contribution in [-0.2, 0) is 0 Å². The van der Waals surface area contributed by atoms with E-state index in [1.165, 1.54) is 11.3 Å². The molecular formula is C11H16N2O2S. The molecule has 1 heterocycles. The summed E-state index contributed by atoms with van der Waals surface area (Å²) in [5, 5.41) is 12.4. The minimum atomic E-state index is -0.182. The van der Waals surface area contributed by atoms with Crippen molar-refractivity contribution in [3.63, 3.8) is 0 Å². The van der Waals surface area contributed by atoms with E-state index in [2.05, 4.69) is 10.3 Å². The molecule has 0 aromatic carbocycles. The van der Waals surface area contributed by atoms with E-state index in [-0.39, 0.29) is 18.1 Å². The maximum atomic E-state index is 11.9. The Labute approximate surface area is 98.7 Å². The van der Waals surface area contributed by atoms with Gasteiger partial charge in [-0.1, -0.05) is 0 Å². The first kappa shape index (κ1) is 11.5. The predicted molar refractivity (Wildman–Crippen MR) is 62.6 cm³/mol. The zero-order chi connectivity index (χ0) is 11.5. The molecule has 1 fully saturated rings. The smallest absolute Gasteiger partial charge is 0.263 e. The Morgan fingerprint density at radius 1 is 1.50 bits per heavy atom. The molecule has 4 nitrogen and oxygen atoms in total. The van der Waals surface area contributed by atoms with Crippen LogP contribution in [0.15, 0.2) is 5.51 Å². The molecule has 1 aromatic rings. The lowest BCUT2D eigenvalue weighted by atomic mass is 9.93. The molecule has 1 aromatic heterocycles. The predicted octanol–water partition coefficient (Wildman–Crippen LogP) is 1.48. The normalized spacial score (nSPS) is 25.4. The first-order valence-electron chi connectivity index (χ1n) is 5.56. The van der Waals surface area contributed by atoms with Crippen LogP contribution < -0.4 is 5.32 Å². The topological polar surface area (TPSA) is 62.2 Å². The van der Waals surface area contributed by atoms with Crippen molar-refractivity contribution in [3.05, 3.63) is 16.1 Å². The van der Waals surface area contributed by atoms with Gasteiger partial charge in [-0.05, 0) is 32.6 Å². The first-order chi connectivity index (χ1) is 7.66. The largest absolute Gasteiger partial charge is 0.393 e. The summed E-state index contributed by atoms with van der Waals surface area (Å²) < 4.78 is 0. The van der Waals surface area contributed by atoms with E-state index < -0.39 is 0 Å². The van der Waals surface area contributed by atoms with E-state index in [1.807, 2.05) is 6.92 Å². The number of carbonyl (C=O) groups is 1. The number of hydrogen-bond acceptors (Lipinski definition) is 4. The Morgan fingerprint density at radius 2 is 2.19 bits per heavy atom. The number of aromatic nitrogens is 1. The fraction of sp³-hybridized carbons (Fsp3) is 0.636. The van der Waals surface area contributed by atoms with E-state index in [4.69, 9.17) is 0 Å². The van der Waals surface area contributed by atoms with Crippen LogP contribution in [0.5, 0.6) is 0 Å². The minimum Gasteiger partial charge on any atom is -0.393 e. The highest BCUT2D eigenvalue weighted by Crippen LogP contribution is 2.19. The van der Waals surface area contributed by atoms with Gasteiger partial charge >= 0.3 is 0 Å². The molecular weight excluding hydrogens is 224 g/mol. The van der Waals surface area contributed by atoms with Crippen molar-refractivity contribution < 1.29 is 9.90 Å². The average molecular weight is 240 g/mol. The third kappa shape index (κ3) is 2.59. The third-order valence-electron chi connectivity index (χ3n) is 2.98. The molecule has 1 amide bonds. The fourth-order valence-electron chi connectivity index (χ4n) is 1.99. The molecule has 0 radical (unpaired) electrons. The van der Waals surface area contributed by atoms with Gasteiger partial charge in [-0.3, -0.25) is 4.79 Å². The van der Waals surface area contributed by atoms with Crippen LogP contribution in [0.2, 0.25) is 0 Å². The summed E-state index contributed by atoms with van der Waals surface area (Å²) >= 11 is 1.37. The molecule has 0 saturated heterocycles. The van der Waals surface area contributed by atoms with Gasteiger partial charge in [0.15, 0.2) is 0 Å². The third-order valence-corrected chi connectivity index (χ3v) is 3.91. The van der Waals surface area contributed by atoms with E-state index in [9.17, 15) is 9.90 Å². The molecule has 0 spiro atoms. The Morgan fingerprint density at radius 3 is 2.75 bits per heavy atom. The van der Waals surface area contributed by atoms with Crippen LogP contribution in [0.4, 0.5) is 0 Å². The van der Waals surface area contributed by atoms with E-state index in [1.54, 1.807) is 5.51 Å². The zero-order valence-electron chi connectivity index (χ0n) is 9.27.